The summed E-state index contributed by atoms with van der Waals surface area (Å²) >= 11 is 0. The third-order valence-corrected chi connectivity index (χ3v) is 5.60. The zero-order valence-electron chi connectivity index (χ0n) is 19.1. The van der Waals surface area contributed by atoms with Crippen molar-refractivity contribution < 1.29 is 29.2 Å². The number of allylic oxidation sites excluding steroid dienone is 2. The lowest BCUT2D eigenvalue weighted by atomic mass is 10.1. The Balaban J connectivity index is 1.89. The minimum absolute atomic E-state index is 0.0675. The molecule has 0 saturated carbocycles. The summed E-state index contributed by atoms with van der Waals surface area (Å²) in [6, 6.07) is 0. The number of hydrogen-bond donors (Lipinski definition) is 2. The number of carbonyl (C=O) groups excluding carboxylic acids is 1. The summed E-state index contributed by atoms with van der Waals surface area (Å²) in [6.07, 6.45) is 17.0. The maximum absolute atomic E-state index is 11.8. The van der Waals surface area contributed by atoms with Crippen LogP contribution in [-0.2, 0) is 19.0 Å². The molecule has 30 heavy (non-hydrogen) atoms. The summed E-state index contributed by atoms with van der Waals surface area (Å²) in [6.45, 7) is 2.18. The number of ether oxygens (including phenoxy) is 3. The number of rotatable bonds is 18. The fourth-order valence-corrected chi connectivity index (χ4v) is 3.63. The van der Waals surface area contributed by atoms with Crippen molar-refractivity contribution in [3.63, 3.8) is 0 Å². The fraction of sp³-hybridized carbons (Fsp3) is 0.875. The lowest BCUT2D eigenvalue weighted by Crippen LogP contribution is -2.35. The Bertz CT molecular complexity index is 453. The average Bonchev–Trinajstić information content (AvgIpc) is 3.02. The zero-order chi connectivity index (χ0) is 22.0. The Labute approximate surface area is 183 Å². The van der Waals surface area contributed by atoms with Gasteiger partial charge in [-0.05, 0) is 32.1 Å². The molecule has 6 heteroatoms. The molecule has 1 saturated heterocycles. The van der Waals surface area contributed by atoms with Gasteiger partial charge in [-0.3, -0.25) is 4.79 Å². The summed E-state index contributed by atoms with van der Waals surface area (Å²) in [5, 5.41) is 19.5. The molecule has 1 heterocycles. The Morgan fingerprint density at radius 1 is 0.867 bits per heavy atom. The van der Waals surface area contributed by atoms with Crippen LogP contribution in [-0.4, -0.2) is 54.5 Å². The van der Waals surface area contributed by atoms with Crippen molar-refractivity contribution in [1.29, 1.82) is 0 Å². The molecule has 0 amide bonds. The Morgan fingerprint density at radius 3 is 2.00 bits per heavy atom. The molecule has 0 aromatic rings. The van der Waals surface area contributed by atoms with Crippen molar-refractivity contribution in [3.05, 3.63) is 12.2 Å². The summed E-state index contributed by atoms with van der Waals surface area (Å²) < 4.78 is 15.4. The highest BCUT2D eigenvalue weighted by atomic mass is 16.7. The quantitative estimate of drug-likeness (QED) is 0.188. The predicted molar refractivity (Wildman–Crippen MR) is 118 cm³/mol. The van der Waals surface area contributed by atoms with Gasteiger partial charge < -0.3 is 24.4 Å². The minimum Gasteiger partial charge on any atom is -0.463 e. The molecule has 0 radical (unpaired) electrons. The standard InChI is InChI=1S/C24H44O6/c1-3-4-5-6-7-8-9-10-11-12-13-14-15-16-17-18-21(25)29-19-20-22(26)23(27)24(28-2)30-20/h10-11,20,22-24,26-27H,3-9,12-19H2,1-2H3/b11-10-/t20-,22-,23+,24+/m1/s1. The van der Waals surface area contributed by atoms with Crippen LogP contribution in [0.5, 0.6) is 0 Å². The molecule has 1 aliphatic heterocycles. The van der Waals surface area contributed by atoms with E-state index >= 15 is 0 Å². The van der Waals surface area contributed by atoms with Crippen molar-refractivity contribution in [2.75, 3.05) is 13.7 Å². The summed E-state index contributed by atoms with van der Waals surface area (Å²) in [7, 11) is 1.39. The molecule has 6 nitrogen and oxygen atoms in total. The summed E-state index contributed by atoms with van der Waals surface area (Å²) in [5.74, 6) is -0.293. The van der Waals surface area contributed by atoms with Crippen LogP contribution >= 0.6 is 0 Å². The number of hydrogen-bond acceptors (Lipinski definition) is 6. The molecule has 1 rings (SSSR count). The van der Waals surface area contributed by atoms with E-state index < -0.39 is 24.6 Å². The molecule has 4 atom stereocenters. The third kappa shape index (κ3) is 12.0. The molecule has 1 aliphatic rings. The number of esters is 1. The molecule has 1 fully saturated rings. The first-order valence-corrected chi connectivity index (χ1v) is 11.9. The number of carbonyl (C=O) groups is 1. The van der Waals surface area contributed by atoms with Crippen LogP contribution in [0.3, 0.4) is 0 Å². The van der Waals surface area contributed by atoms with Gasteiger partial charge in [-0.25, -0.2) is 0 Å². The first-order valence-electron chi connectivity index (χ1n) is 11.9. The van der Waals surface area contributed by atoms with Gasteiger partial charge in [0.25, 0.3) is 0 Å². The van der Waals surface area contributed by atoms with Gasteiger partial charge in [0.1, 0.15) is 24.9 Å². The highest BCUT2D eigenvalue weighted by Crippen LogP contribution is 2.22. The van der Waals surface area contributed by atoms with E-state index in [9.17, 15) is 15.0 Å². The van der Waals surface area contributed by atoms with E-state index in [-0.39, 0.29) is 12.6 Å². The van der Waals surface area contributed by atoms with E-state index in [4.69, 9.17) is 14.2 Å². The SMILES string of the molecule is CCCCCCCC/C=C\CCCCCCCC(=O)OC[C@H]1O[C@H](OC)[C@@H](O)[C@@H]1O. The Kier molecular flexibility index (Phi) is 16.0. The highest BCUT2D eigenvalue weighted by Gasteiger charge is 2.43. The van der Waals surface area contributed by atoms with Gasteiger partial charge >= 0.3 is 5.97 Å². The van der Waals surface area contributed by atoms with E-state index in [0.29, 0.717) is 6.42 Å². The maximum Gasteiger partial charge on any atom is 0.305 e. The molecule has 176 valence electrons. The maximum atomic E-state index is 11.8. The number of aliphatic hydroxyl groups excluding tert-OH is 2. The zero-order valence-corrected chi connectivity index (χ0v) is 19.1. The van der Waals surface area contributed by atoms with Crippen molar-refractivity contribution in [2.45, 2.75) is 121 Å². The molecule has 0 bridgehead atoms. The molecule has 0 unspecified atom stereocenters. The van der Waals surface area contributed by atoms with Crippen molar-refractivity contribution >= 4 is 5.97 Å². The molecular weight excluding hydrogens is 384 g/mol. The molecule has 2 N–H and O–H groups in total. The predicted octanol–water partition coefficient (Wildman–Crippen LogP) is 4.66. The van der Waals surface area contributed by atoms with E-state index in [1.807, 2.05) is 0 Å². The van der Waals surface area contributed by atoms with E-state index in [0.717, 1.165) is 25.7 Å². The lowest BCUT2D eigenvalue weighted by Gasteiger charge is -2.14. The van der Waals surface area contributed by atoms with Crippen LogP contribution in [0, 0.1) is 0 Å². The number of methoxy groups -OCH3 is 1. The van der Waals surface area contributed by atoms with Crippen molar-refractivity contribution in [2.24, 2.45) is 0 Å². The van der Waals surface area contributed by atoms with Crippen LogP contribution in [0.15, 0.2) is 12.2 Å². The number of unbranched alkanes of at least 4 members (excludes halogenated alkanes) is 11. The molecule has 0 aromatic heterocycles. The van der Waals surface area contributed by atoms with Gasteiger partial charge in [-0.1, -0.05) is 70.4 Å². The molecular formula is C24H44O6. The first-order chi connectivity index (χ1) is 14.6. The van der Waals surface area contributed by atoms with Gasteiger partial charge in [0.05, 0.1) is 0 Å². The highest BCUT2D eigenvalue weighted by molar-refractivity contribution is 5.69. The largest absolute Gasteiger partial charge is 0.463 e. The van der Waals surface area contributed by atoms with Crippen LogP contribution in [0.1, 0.15) is 96.8 Å². The van der Waals surface area contributed by atoms with Crippen molar-refractivity contribution in [3.8, 4) is 0 Å². The number of aliphatic hydroxyl groups is 2. The first kappa shape index (κ1) is 27.1. The summed E-state index contributed by atoms with van der Waals surface area (Å²) in [5.41, 5.74) is 0. The van der Waals surface area contributed by atoms with Gasteiger partial charge in [0.2, 0.25) is 0 Å². The van der Waals surface area contributed by atoms with Crippen LogP contribution in [0.4, 0.5) is 0 Å². The minimum atomic E-state index is -1.12. The lowest BCUT2D eigenvalue weighted by molar-refractivity contribution is -0.165. The molecule has 0 spiro atoms. The van der Waals surface area contributed by atoms with E-state index in [2.05, 4.69) is 19.1 Å². The fourth-order valence-electron chi connectivity index (χ4n) is 3.63. The van der Waals surface area contributed by atoms with E-state index in [1.165, 1.54) is 64.9 Å². The van der Waals surface area contributed by atoms with Crippen LogP contribution < -0.4 is 0 Å². The monoisotopic (exact) mass is 428 g/mol. The van der Waals surface area contributed by atoms with E-state index in [1.54, 1.807) is 0 Å². The van der Waals surface area contributed by atoms with Gasteiger partial charge in [0.15, 0.2) is 6.29 Å². The topological polar surface area (TPSA) is 85.2 Å². The van der Waals surface area contributed by atoms with Crippen LogP contribution in [0.25, 0.3) is 0 Å². The normalized spacial score (nSPS) is 24.0. The van der Waals surface area contributed by atoms with Gasteiger partial charge in [-0.2, -0.15) is 0 Å². The smallest absolute Gasteiger partial charge is 0.305 e. The second-order valence-corrected chi connectivity index (χ2v) is 8.28. The van der Waals surface area contributed by atoms with Crippen molar-refractivity contribution in [1.82, 2.24) is 0 Å². The second-order valence-electron chi connectivity index (χ2n) is 8.28. The average molecular weight is 429 g/mol. The molecule has 0 aliphatic carbocycles. The summed E-state index contributed by atoms with van der Waals surface area (Å²) in [4.78, 5) is 11.8. The third-order valence-electron chi connectivity index (χ3n) is 5.60. The Hall–Kier alpha value is -0.950. The molecule has 0 aromatic carbocycles. The Morgan fingerprint density at radius 2 is 1.43 bits per heavy atom. The van der Waals surface area contributed by atoms with Gasteiger partial charge in [-0.15, -0.1) is 0 Å². The second kappa shape index (κ2) is 17.7. The van der Waals surface area contributed by atoms with Gasteiger partial charge in [0, 0.05) is 13.5 Å². The van der Waals surface area contributed by atoms with Crippen LogP contribution in [0.2, 0.25) is 0 Å².